The van der Waals surface area contributed by atoms with E-state index in [0.29, 0.717) is 6.04 Å². The molecule has 0 amide bonds. The molecule has 1 aliphatic carbocycles. The molecule has 0 radical (unpaired) electrons. The summed E-state index contributed by atoms with van der Waals surface area (Å²) in [6.07, 6.45) is 8.06. The lowest BCUT2D eigenvalue weighted by Crippen LogP contribution is -2.26. The van der Waals surface area contributed by atoms with E-state index in [1.165, 1.54) is 18.4 Å². The normalized spacial score (nSPS) is 15.9. The van der Waals surface area contributed by atoms with Crippen LogP contribution in [0.4, 0.5) is 5.82 Å². The van der Waals surface area contributed by atoms with Gasteiger partial charge in [0.1, 0.15) is 11.6 Å². The molecule has 2 heterocycles. The van der Waals surface area contributed by atoms with Crippen molar-refractivity contribution in [3.8, 4) is 0 Å². The summed E-state index contributed by atoms with van der Waals surface area (Å²) in [5.74, 6) is 2.02. The van der Waals surface area contributed by atoms with E-state index in [0.717, 1.165) is 31.0 Å². The predicted molar refractivity (Wildman–Crippen MR) is 84.1 cm³/mol. The molecule has 4 heteroatoms. The van der Waals surface area contributed by atoms with Crippen molar-refractivity contribution in [3.63, 3.8) is 0 Å². The lowest BCUT2D eigenvalue weighted by molar-refractivity contribution is 0.500. The minimum absolute atomic E-state index is 0.223. The van der Waals surface area contributed by atoms with Crippen molar-refractivity contribution in [2.45, 2.75) is 51.2 Å². The molecule has 0 bridgehead atoms. The molecule has 1 atom stereocenters. The third kappa shape index (κ3) is 3.64. The molecule has 2 N–H and O–H groups in total. The van der Waals surface area contributed by atoms with Crippen LogP contribution in [0.2, 0.25) is 0 Å². The van der Waals surface area contributed by atoms with Gasteiger partial charge >= 0.3 is 0 Å². The summed E-state index contributed by atoms with van der Waals surface area (Å²) < 4.78 is 5.47. The van der Waals surface area contributed by atoms with Crippen LogP contribution in [-0.2, 0) is 13.0 Å². The highest BCUT2D eigenvalue weighted by Gasteiger charge is 2.30. The molecule has 112 valence electrons. The van der Waals surface area contributed by atoms with Gasteiger partial charge in [-0.2, -0.15) is 0 Å². The van der Waals surface area contributed by atoms with Crippen LogP contribution >= 0.6 is 0 Å². The number of nitrogens with zero attached hydrogens (tertiary/aromatic N) is 2. The Labute approximate surface area is 126 Å². The maximum atomic E-state index is 6.00. The van der Waals surface area contributed by atoms with E-state index in [2.05, 4.69) is 28.9 Å². The van der Waals surface area contributed by atoms with Crippen LogP contribution < -0.4 is 10.6 Å². The Balaban J connectivity index is 1.71. The minimum Gasteiger partial charge on any atom is -0.467 e. The van der Waals surface area contributed by atoms with Gasteiger partial charge in [0.05, 0.1) is 12.8 Å². The zero-order chi connectivity index (χ0) is 14.7. The fourth-order valence-electron chi connectivity index (χ4n) is 2.51. The average molecular weight is 285 g/mol. The molecule has 1 fully saturated rings. The van der Waals surface area contributed by atoms with Crippen LogP contribution in [0.5, 0.6) is 0 Å². The maximum Gasteiger partial charge on any atom is 0.129 e. The Hall–Kier alpha value is -1.81. The monoisotopic (exact) mass is 285 g/mol. The number of furan rings is 1. The second-order valence-corrected chi connectivity index (χ2v) is 5.84. The zero-order valence-corrected chi connectivity index (χ0v) is 12.5. The molecule has 0 spiro atoms. The molecule has 1 aliphatic rings. The second kappa shape index (κ2) is 6.31. The topological polar surface area (TPSA) is 55.3 Å². The molecular weight excluding hydrogens is 262 g/mol. The smallest absolute Gasteiger partial charge is 0.129 e. The quantitative estimate of drug-likeness (QED) is 0.849. The minimum atomic E-state index is 0.223. The third-order valence-corrected chi connectivity index (χ3v) is 4.02. The van der Waals surface area contributed by atoms with Gasteiger partial charge in [-0.1, -0.05) is 13.0 Å². The maximum absolute atomic E-state index is 6.00. The standard InChI is InChI=1S/C17H23N3O/c1-2-14(18)10-13-5-8-17(19-11-13)20(15-6-7-15)12-16-4-3-9-21-16/h3-5,8-9,11,14-15H,2,6-7,10,12,18H2,1H3. The fraction of sp³-hybridized carbons (Fsp3) is 0.471. The first-order valence-corrected chi connectivity index (χ1v) is 7.75. The van der Waals surface area contributed by atoms with Gasteiger partial charge in [-0.3, -0.25) is 0 Å². The second-order valence-electron chi connectivity index (χ2n) is 5.84. The van der Waals surface area contributed by atoms with E-state index in [4.69, 9.17) is 10.2 Å². The highest BCUT2D eigenvalue weighted by molar-refractivity contribution is 5.42. The third-order valence-electron chi connectivity index (χ3n) is 4.02. The first kappa shape index (κ1) is 14.1. The number of pyridine rings is 1. The first-order chi connectivity index (χ1) is 10.3. The Kier molecular flexibility index (Phi) is 4.25. The summed E-state index contributed by atoms with van der Waals surface area (Å²) in [7, 11) is 0. The Morgan fingerprint density at radius 3 is 2.81 bits per heavy atom. The molecule has 0 saturated heterocycles. The molecule has 0 aromatic carbocycles. The number of anilines is 1. The van der Waals surface area contributed by atoms with Crippen LogP contribution in [0.25, 0.3) is 0 Å². The van der Waals surface area contributed by atoms with Gasteiger partial charge in [0.15, 0.2) is 0 Å². The van der Waals surface area contributed by atoms with Crippen molar-refractivity contribution in [2.24, 2.45) is 5.73 Å². The Bertz CT molecular complexity index is 546. The summed E-state index contributed by atoms with van der Waals surface area (Å²) in [5.41, 5.74) is 7.21. The Morgan fingerprint density at radius 1 is 1.38 bits per heavy atom. The lowest BCUT2D eigenvalue weighted by Gasteiger charge is -2.22. The summed E-state index contributed by atoms with van der Waals surface area (Å²) in [5, 5.41) is 0. The Morgan fingerprint density at radius 2 is 2.24 bits per heavy atom. The predicted octanol–water partition coefficient (Wildman–Crippen LogP) is 3.12. The fourth-order valence-corrected chi connectivity index (χ4v) is 2.51. The van der Waals surface area contributed by atoms with E-state index in [1.807, 2.05) is 18.3 Å². The number of hydrogen-bond acceptors (Lipinski definition) is 4. The molecule has 1 saturated carbocycles. The summed E-state index contributed by atoms with van der Waals surface area (Å²) in [4.78, 5) is 6.97. The number of aromatic nitrogens is 1. The molecule has 4 nitrogen and oxygen atoms in total. The van der Waals surface area contributed by atoms with Crippen molar-refractivity contribution in [2.75, 3.05) is 4.90 Å². The number of nitrogens with two attached hydrogens (primary N) is 1. The molecule has 3 rings (SSSR count). The van der Waals surface area contributed by atoms with E-state index in [9.17, 15) is 0 Å². The van der Waals surface area contributed by atoms with Crippen LogP contribution in [0, 0.1) is 0 Å². The van der Waals surface area contributed by atoms with E-state index in [1.54, 1.807) is 6.26 Å². The van der Waals surface area contributed by atoms with Crippen molar-refractivity contribution >= 4 is 5.82 Å². The van der Waals surface area contributed by atoms with Crippen LogP contribution in [0.15, 0.2) is 41.1 Å². The van der Waals surface area contributed by atoms with Crippen LogP contribution in [-0.4, -0.2) is 17.1 Å². The SMILES string of the molecule is CCC(N)Cc1ccc(N(Cc2ccco2)C2CC2)nc1. The van der Waals surface area contributed by atoms with Crippen molar-refractivity contribution in [1.82, 2.24) is 4.98 Å². The van der Waals surface area contributed by atoms with Crippen molar-refractivity contribution in [1.29, 1.82) is 0 Å². The highest BCUT2D eigenvalue weighted by Crippen LogP contribution is 2.32. The van der Waals surface area contributed by atoms with E-state index < -0.39 is 0 Å². The zero-order valence-electron chi connectivity index (χ0n) is 12.5. The largest absolute Gasteiger partial charge is 0.467 e. The first-order valence-electron chi connectivity index (χ1n) is 7.75. The summed E-state index contributed by atoms with van der Waals surface area (Å²) >= 11 is 0. The van der Waals surface area contributed by atoms with Gasteiger partial charge in [0.2, 0.25) is 0 Å². The van der Waals surface area contributed by atoms with Gasteiger partial charge in [-0.05, 0) is 49.4 Å². The van der Waals surface area contributed by atoms with Crippen LogP contribution in [0.3, 0.4) is 0 Å². The van der Waals surface area contributed by atoms with Crippen molar-refractivity contribution < 1.29 is 4.42 Å². The molecular formula is C17H23N3O. The average Bonchev–Trinajstić information content (AvgIpc) is 3.22. The van der Waals surface area contributed by atoms with Crippen molar-refractivity contribution in [3.05, 3.63) is 48.0 Å². The molecule has 1 unspecified atom stereocenters. The van der Waals surface area contributed by atoms with Gasteiger partial charge in [0, 0.05) is 18.3 Å². The molecule has 0 aliphatic heterocycles. The highest BCUT2D eigenvalue weighted by atomic mass is 16.3. The van der Waals surface area contributed by atoms with E-state index >= 15 is 0 Å². The van der Waals surface area contributed by atoms with Gasteiger partial charge in [0.25, 0.3) is 0 Å². The van der Waals surface area contributed by atoms with Gasteiger partial charge in [-0.15, -0.1) is 0 Å². The number of rotatable bonds is 7. The van der Waals surface area contributed by atoms with Gasteiger partial charge in [-0.25, -0.2) is 4.98 Å². The number of hydrogen-bond donors (Lipinski definition) is 1. The summed E-state index contributed by atoms with van der Waals surface area (Å²) in [6, 6.07) is 9.04. The van der Waals surface area contributed by atoms with E-state index in [-0.39, 0.29) is 6.04 Å². The summed E-state index contributed by atoms with van der Waals surface area (Å²) in [6.45, 7) is 2.91. The lowest BCUT2D eigenvalue weighted by atomic mass is 10.1. The molecule has 2 aromatic heterocycles. The van der Waals surface area contributed by atoms with Crippen LogP contribution in [0.1, 0.15) is 37.5 Å². The molecule has 21 heavy (non-hydrogen) atoms. The molecule has 2 aromatic rings. The van der Waals surface area contributed by atoms with Gasteiger partial charge < -0.3 is 15.1 Å².